The number of hydrogen-bond acceptors (Lipinski definition) is 4. The molecule has 0 saturated heterocycles. The molecule has 0 unspecified atom stereocenters. The Hall–Kier alpha value is -1.96. The molecule has 0 amide bonds. The minimum absolute atomic E-state index is 0.000721. The molecule has 0 aliphatic heterocycles. The molecule has 18 heavy (non-hydrogen) atoms. The number of nitrogens with one attached hydrogen (secondary N) is 1. The molecule has 2 rings (SSSR count). The quantitative estimate of drug-likeness (QED) is 0.812. The van der Waals surface area contributed by atoms with Crippen molar-refractivity contribution < 1.29 is 13.9 Å². The Morgan fingerprint density at radius 1 is 1.39 bits per heavy atom. The van der Waals surface area contributed by atoms with Gasteiger partial charge in [0.25, 0.3) is 0 Å². The Bertz CT molecular complexity index is 496. The van der Waals surface area contributed by atoms with E-state index >= 15 is 0 Å². The van der Waals surface area contributed by atoms with Gasteiger partial charge in [0.15, 0.2) is 0 Å². The molecule has 0 aliphatic carbocycles. The summed E-state index contributed by atoms with van der Waals surface area (Å²) in [6.07, 6.45) is 4.59. The molecule has 2 N–H and O–H groups in total. The molecule has 0 atom stereocenters. The SMILES string of the molecule is OCCn1cc(NCc2ccnn2C(F)F)cn1. The number of aliphatic hydroxyl groups is 1. The van der Waals surface area contributed by atoms with Gasteiger partial charge in [-0.2, -0.15) is 19.0 Å². The largest absolute Gasteiger partial charge is 0.394 e. The van der Waals surface area contributed by atoms with Crippen LogP contribution in [0.15, 0.2) is 24.7 Å². The Morgan fingerprint density at radius 3 is 2.94 bits per heavy atom. The zero-order valence-corrected chi connectivity index (χ0v) is 9.50. The van der Waals surface area contributed by atoms with E-state index in [2.05, 4.69) is 15.5 Å². The minimum atomic E-state index is -2.64. The highest BCUT2D eigenvalue weighted by Gasteiger charge is 2.11. The minimum Gasteiger partial charge on any atom is -0.394 e. The smallest absolute Gasteiger partial charge is 0.333 e. The van der Waals surface area contributed by atoms with Crippen LogP contribution < -0.4 is 5.32 Å². The molecule has 2 aromatic rings. The molecule has 0 saturated carbocycles. The molecule has 98 valence electrons. The van der Waals surface area contributed by atoms with Crippen molar-refractivity contribution in [1.82, 2.24) is 19.6 Å². The molecule has 6 nitrogen and oxygen atoms in total. The van der Waals surface area contributed by atoms with E-state index in [-0.39, 0.29) is 13.2 Å². The lowest BCUT2D eigenvalue weighted by Gasteiger charge is -2.06. The lowest BCUT2D eigenvalue weighted by molar-refractivity contribution is 0.0537. The van der Waals surface area contributed by atoms with Gasteiger partial charge in [0.1, 0.15) is 0 Å². The lowest BCUT2D eigenvalue weighted by atomic mass is 10.4. The Balaban J connectivity index is 1.96. The molecular formula is C10H13F2N5O. The zero-order valence-electron chi connectivity index (χ0n) is 9.50. The fourth-order valence-electron chi connectivity index (χ4n) is 1.53. The van der Waals surface area contributed by atoms with Gasteiger partial charge in [-0.1, -0.05) is 0 Å². The molecule has 0 fully saturated rings. The zero-order chi connectivity index (χ0) is 13.0. The van der Waals surface area contributed by atoms with Gasteiger partial charge >= 0.3 is 6.55 Å². The molecule has 2 aromatic heterocycles. The average molecular weight is 257 g/mol. The van der Waals surface area contributed by atoms with E-state index in [9.17, 15) is 8.78 Å². The van der Waals surface area contributed by atoms with Crippen molar-refractivity contribution in [3.05, 3.63) is 30.4 Å². The number of halogens is 2. The van der Waals surface area contributed by atoms with Crippen molar-refractivity contribution in [3.8, 4) is 0 Å². The Morgan fingerprint density at radius 2 is 2.22 bits per heavy atom. The standard InChI is InChI=1S/C10H13F2N5O/c11-10(12)17-9(1-2-14-17)6-13-8-5-15-16(7-8)3-4-18/h1-2,5,7,10,13,18H,3-4,6H2. The fraction of sp³-hybridized carbons (Fsp3) is 0.400. The van der Waals surface area contributed by atoms with Crippen LogP contribution in [-0.4, -0.2) is 31.3 Å². The summed E-state index contributed by atoms with van der Waals surface area (Å²) in [6, 6.07) is 1.53. The van der Waals surface area contributed by atoms with Crippen molar-refractivity contribution in [3.63, 3.8) is 0 Å². The molecule has 0 spiro atoms. The van der Waals surface area contributed by atoms with Crippen molar-refractivity contribution in [2.75, 3.05) is 11.9 Å². The maximum atomic E-state index is 12.5. The highest BCUT2D eigenvalue weighted by atomic mass is 19.3. The van der Waals surface area contributed by atoms with E-state index < -0.39 is 6.55 Å². The number of alkyl halides is 2. The summed E-state index contributed by atoms with van der Waals surface area (Å²) in [7, 11) is 0. The van der Waals surface area contributed by atoms with Crippen LogP contribution in [0, 0.1) is 0 Å². The van der Waals surface area contributed by atoms with Crippen molar-refractivity contribution in [1.29, 1.82) is 0 Å². The predicted octanol–water partition coefficient (Wildman–Crippen LogP) is 1.08. The maximum Gasteiger partial charge on any atom is 0.333 e. The Labute approximate surface area is 102 Å². The molecular weight excluding hydrogens is 244 g/mol. The monoisotopic (exact) mass is 257 g/mol. The molecule has 8 heteroatoms. The number of aliphatic hydroxyl groups excluding tert-OH is 1. The normalized spacial score (nSPS) is 11.1. The van der Waals surface area contributed by atoms with Gasteiger partial charge in [-0.25, -0.2) is 4.68 Å². The highest BCUT2D eigenvalue weighted by Crippen LogP contribution is 2.13. The number of nitrogens with zero attached hydrogens (tertiary/aromatic N) is 4. The van der Waals surface area contributed by atoms with Gasteiger partial charge < -0.3 is 10.4 Å². The summed E-state index contributed by atoms with van der Waals surface area (Å²) in [5, 5.41) is 19.2. The topological polar surface area (TPSA) is 67.9 Å². The molecule has 0 bridgehead atoms. The van der Waals surface area contributed by atoms with Gasteiger partial charge in [0, 0.05) is 12.4 Å². The summed E-state index contributed by atoms with van der Waals surface area (Å²) in [5.41, 5.74) is 1.09. The lowest BCUT2D eigenvalue weighted by Crippen LogP contribution is -2.09. The first kappa shape index (κ1) is 12.5. The van der Waals surface area contributed by atoms with Gasteiger partial charge in [-0.15, -0.1) is 0 Å². The third-order valence-corrected chi connectivity index (χ3v) is 2.37. The van der Waals surface area contributed by atoms with Gasteiger partial charge in [0.2, 0.25) is 0 Å². The molecule has 2 heterocycles. The summed E-state index contributed by atoms with van der Waals surface area (Å²) < 4.78 is 27.3. The number of rotatable bonds is 6. The van der Waals surface area contributed by atoms with Crippen LogP contribution in [0.1, 0.15) is 12.2 Å². The van der Waals surface area contributed by atoms with E-state index in [1.165, 1.54) is 12.3 Å². The van der Waals surface area contributed by atoms with E-state index in [0.29, 0.717) is 22.6 Å². The summed E-state index contributed by atoms with van der Waals surface area (Å²) >= 11 is 0. The van der Waals surface area contributed by atoms with Crippen LogP contribution in [0.2, 0.25) is 0 Å². The molecule has 0 aliphatic rings. The van der Waals surface area contributed by atoms with E-state index in [0.717, 1.165) is 0 Å². The average Bonchev–Trinajstić information content (AvgIpc) is 2.95. The fourth-order valence-corrected chi connectivity index (χ4v) is 1.53. The highest BCUT2D eigenvalue weighted by molar-refractivity contribution is 5.38. The van der Waals surface area contributed by atoms with E-state index in [1.54, 1.807) is 17.1 Å². The van der Waals surface area contributed by atoms with Gasteiger partial charge in [0.05, 0.1) is 37.3 Å². The van der Waals surface area contributed by atoms with Crippen LogP contribution >= 0.6 is 0 Å². The van der Waals surface area contributed by atoms with Gasteiger partial charge in [-0.3, -0.25) is 4.68 Å². The van der Waals surface area contributed by atoms with Gasteiger partial charge in [-0.05, 0) is 6.07 Å². The van der Waals surface area contributed by atoms with Crippen LogP contribution in [0.3, 0.4) is 0 Å². The van der Waals surface area contributed by atoms with Crippen molar-refractivity contribution in [2.24, 2.45) is 0 Å². The first-order valence-electron chi connectivity index (χ1n) is 5.38. The van der Waals surface area contributed by atoms with Crippen molar-refractivity contribution in [2.45, 2.75) is 19.6 Å². The number of aromatic nitrogens is 4. The second kappa shape index (κ2) is 5.58. The summed E-state index contributed by atoms with van der Waals surface area (Å²) in [4.78, 5) is 0. The van der Waals surface area contributed by atoms with E-state index in [4.69, 9.17) is 5.11 Å². The van der Waals surface area contributed by atoms with Crippen LogP contribution in [0.4, 0.5) is 14.5 Å². The van der Waals surface area contributed by atoms with Crippen LogP contribution in [-0.2, 0) is 13.1 Å². The van der Waals surface area contributed by atoms with E-state index in [1.807, 2.05) is 0 Å². The van der Waals surface area contributed by atoms with Crippen LogP contribution in [0.5, 0.6) is 0 Å². The first-order valence-corrected chi connectivity index (χ1v) is 5.38. The molecule has 0 radical (unpaired) electrons. The predicted molar refractivity (Wildman–Crippen MR) is 60.1 cm³/mol. The van der Waals surface area contributed by atoms with Crippen LogP contribution in [0.25, 0.3) is 0 Å². The third kappa shape index (κ3) is 2.83. The first-order chi connectivity index (χ1) is 8.70. The second-order valence-electron chi connectivity index (χ2n) is 3.61. The van der Waals surface area contributed by atoms with Crippen molar-refractivity contribution >= 4 is 5.69 Å². The third-order valence-electron chi connectivity index (χ3n) is 2.37. The Kier molecular flexibility index (Phi) is 3.88. The number of anilines is 1. The molecule has 0 aromatic carbocycles. The number of hydrogen-bond donors (Lipinski definition) is 2. The maximum absolute atomic E-state index is 12.5. The second-order valence-corrected chi connectivity index (χ2v) is 3.61. The summed E-state index contributed by atoms with van der Waals surface area (Å²) in [6.45, 7) is -2.01. The summed E-state index contributed by atoms with van der Waals surface area (Å²) in [5.74, 6) is 0.